The number of hydrogen-bond donors (Lipinski definition) is 2. The van der Waals surface area contributed by atoms with Gasteiger partial charge < -0.3 is 10.6 Å². The number of carbonyl (C=O) groups excluding carboxylic acids is 1. The quantitative estimate of drug-likeness (QED) is 0.729. The zero-order valence-corrected chi connectivity index (χ0v) is 14.5. The van der Waals surface area contributed by atoms with Crippen molar-refractivity contribution >= 4 is 17.4 Å². The van der Waals surface area contributed by atoms with Crippen LogP contribution < -0.4 is 10.6 Å². The van der Waals surface area contributed by atoms with Crippen LogP contribution in [-0.4, -0.2) is 21.9 Å². The third-order valence-corrected chi connectivity index (χ3v) is 4.19. The Kier molecular flexibility index (Phi) is 4.50. The molecule has 4 rings (SSSR count). The van der Waals surface area contributed by atoms with Crippen molar-refractivity contribution in [3.05, 3.63) is 71.9 Å². The van der Waals surface area contributed by atoms with Crippen molar-refractivity contribution in [2.45, 2.75) is 18.9 Å². The fourth-order valence-electron chi connectivity index (χ4n) is 2.61. The zero-order valence-electron chi connectivity index (χ0n) is 14.5. The van der Waals surface area contributed by atoms with Crippen LogP contribution in [0, 0.1) is 11.3 Å². The van der Waals surface area contributed by atoms with Gasteiger partial charge in [-0.05, 0) is 37.1 Å². The lowest BCUT2D eigenvalue weighted by Gasteiger charge is -2.10. The number of nitrogens with zero attached hydrogens (tertiary/aromatic N) is 3. The van der Waals surface area contributed by atoms with E-state index in [2.05, 4.69) is 26.7 Å². The average Bonchev–Trinajstić information content (AvgIpc) is 3.53. The lowest BCUT2D eigenvalue weighted by atomic mass is 10.2. The van der Waals surface area contributed by atoms with Crippen LogP contribution >= 0.6 is 0 Å². The number of nitriles is 1. The lowest BCUT2D eigenvalue weighted by molar-refractivity contribution is 0.0946. The van der Waals surface area contributed by atoms with E-state index in [1.807, 2.05) is 30.3 Å². The van der Waals surface area contributed by atoms with Gasteiger partial charge in [-0.25, -0.2) is 9.97 Å². The smallest absolute Gasteiger partial charge is 0.270 e. The Morgan fingerprint density at radius 1 is 1.04 bits per heavy atom. The summed E-state index contributed by atoms with van der Waals surface area (Å²) in [6.07, 6.45) is 2.03. The fourth-order valence-corrected chi connectivity index (χ4v) is 2.61. The van der Waals surface area contributed by atoms with E-state index in [9.17, 15) is 4.79 Å². The van der Waals surface area contributed by atoms with Crippen LogP contribution in [0.1, 0.15) is 28.9 Å². The maximum absolute atomic E-state index is 12.5. The molecule has 3 aromatic rings. The molecule has 27 heavy (non-hydrogen) atoms. The van der Waals surface area contributed by atoms with Gasteiger partial charge in [0.1, 0.15) is 11.5 Å². The van der Waals surface area contributed by atoms with Crippen LogP contribution in [0.4, 0.5) is 11.5 Å². The van der Waals surface area contributed by atoms with Crippen molar-refractivity contribution in [3.63, 3.8) is 0 Å². The highest BCUT2D eigenvalue weighted by atomic mass is 16.2. The molecule has 0 atom stereocenters. The Bertz CT molecular complexity index is 1000. The van der Waals surface area contributed by atoms with E-state index in [0.29, 0.717) is 22.9 Å². The largest absolute Gasteiger partial charge is 0.348 e. The summed E-state index contributed by atoms with van der Waals surface area (Å²) in [6, 6.07) is 20.6. The van der Waals surface area contributed by atoms with E-state index in [1.165, 1.54) is 0 Å². The third kappa shape index (κ3) is 4.10. The molecule has 6 heteroatoms. The predicted octanol–water partition coefficient (Wildman–Crippen LogP) is 3.65. The average molecular weight is 355 g/mol. The van der Waals surface area contributed by atoms with E-state index in [0.717, 1.165) is 24.1 Å². The molecule has 0 radical (unpaired) electrons. The first-order chi connectivity index (χ1) is 13.2. The van der Waals surface area contributed by atoms with Crippen LogP contribution in [0.5, 0.6) is 0 Å². The maximum atomic E-state index is 12.5. The number of anilines is 2. The minimum absolute atomic E-state index is 0.194. The first-order valence-corrected chi connectivity index (χ1v) is 8.74. The fraction of sp³-hybridized carbons (Fsp3) is 0.143. The van der Waals surface area contributed by atoms with Gasteiger partial charge >= 0.3 is 0 Å². The van der Waals surface area contributed by atoms with Crippen LogP contribution in [-0.2, 0) is 0 Å². The summed E-state index contributed by atoms with van der Waals surface area (Å²) in [6.45, 7) is 0. The number of hydrogen-bond acceptors (Lipinski definition) is 5. The van der Waals surface area contributed by atoms with Gasteiger partial charge in [0.25, 0.3) is 5.91 Å². The van der Waals surface area contributed by atoms with Crippen LogP contribution in [0.2, 0.25) is 0 Å². The topological polar surface area (TPSA) is 90.7 Å². The van der Waals surface area contributed by atoms with Crippen molar-refractivity contribution in [1.29, 1.82) is 5.26 Å². The highest BCUT2D eigenvalue weighted by Gasteiger charge is 2.25. The second kappa shape index (κ2) is 7.26. The van der Waals surface area contributed by atoms with Gasteiger partial charge in [-0.1, -0.05) is 30.3 Å². The second-order valence-corrected chi connectivity index (χ2v) is 6.39. The lowest BCUT2D eigenvalue weighted by Crippen LogP contribution is -2.26. The summed E-state index contributed by atoms with van der Waals surface area (Å²) in [5, 5.41) is 15.1. The summed E-state index contributed by atoms with van der Waals surface area (Å²) < 4.78 is 0. The highest BCUT2D eigenvalue weighted by Crippen LogP contribution is 2.23. The van der Waals surface area contributed by atoms with Gasteiger partial charge in [0.05, 0.1) is 11.6 Å². The van der Waals surface area contributed by atoms with E-state index in [1.54, 1.807) is 30.3 Å². The van der Waals surface area contributed by atoms with Crippen LogP contribution in [0.15, 0.2) is 60.7 Å². The molecule has 2 N–H and O–H groups in total. The number of nitrogens with one attached hydrogen (secondary N) is 2. The van der Waals surface area contributed by atoms with Crippen molar-refractivity contribution < 1.29 is 4.79 Å². The van der Waals surface area contributed by atoms with Gasteiger partial charge in [-0.15, -0.1) is 0 Å². The molecule has 6 nitrogen and oxygen atoms in total. The summed E-state index contributed by atoms with van der Waals surface area (Å²) in [5.41, 5.74) is 2.52. The molecule has 0 aliphatic heterocycles. The van der Waals surface area contributed by atoms with Crippen molar-refractivity contribution in [2.75, 3.05) is 5.32 Å². The molecule has 2 aromatic carbocycles. The molecule has 1 aromatic heterocycles. The first-order valence-electron chi connectivity index (χ1n) is 8.74. The number of rotatable bonds is 5. The van der Waals surface area contributed by atoms with Crippen LogP contribution in [0.25, 0.3) is 11.4 Å². The number of carbonyl (C=O) groups is 1. The molecule has 0 saturated heterocycles. The molecule has 1 saturated carbocycles. The van der Waals surface area contributed by atoms with Crippen molar-refractivity contribution in [3.8, 4) is 17.5 Å². The Morgan fingerprint density at radius 3 is 2.44 bits per heavy atom. The number of aromatic nitrogens is 2. The number of benzene rings is 2. The van der Waals surface area contributed by atoms with Gasteiger partial charge in [-0.2, -0.15) is 5.26 Å². The first kappa shape index (κ1) is 16.7. The van der Waals surface area contributed by atoms with E-state index < -0.39 is 0 Å². The predicted molar refractivity (Wildman–Crippen MR) is 102 cm³/mol. The Hall–Kier alpha value is -3.72. The zero-order chi connectivity index (χ0) is 18.6. The van der Waals surface area contributed by atoms with Gasteiger partial charge in [0, 0.05) is 23.4 Å². The van der Waals surface area contributed by atoms with E-state index >= 15 is 0 Å². The minimum atomic E-state index is -0.194. The Labute approximate surface area is 156 Å². The third-order valence-electron chi connectivity index (χ3n) is 4.19. The molecule has 132 valence electrons. The molecule has 1 fully saturated rings. The molecule has 0 bridgehead atoms. The standard InChI is InChI=1S/C21H17N5O/c22-13-14-6-8-16(9-7-14)23-19-12-18(21(27)24-17-10-11-17)25-20(26-19)15-4-2-1-3-5-15/h1-9,12,17H,10-11H2,(H,24,27)(H,23,25,26). The molecule has 1 aliphatic rings. The molecular weight excluding hydrogens is 338 g/mol. The molecule has 1 aliphatic carbocycles. The normalized spacial score (nSPS) is 12.9. The summed E-state index contributed by atoms with van der Waals surface area (Å²) in [5.74, 6) is 0.810. The summed E-state index contributed by atoms with van der Waals surface area (Å²) in [7, 11) is 0. The molecule has 0 spiro atoms. The molecular formula is C21H17N5O. The van der Waals surface area contributed by atoms with E-state index in [4.69, 9.17) is 5.26 Å². The summed E-state index contributed by atoms with van der Waals surface area (Å²) >= 11 is 0. The molecule has 0 unspecified atom stereocenters. The second-order valence-electron chi connectivity index (χ2n) is 6.39. The van der Waals surface area contributed by atoms with Crippen LogP contribution in [0.3, 0.4) is 0 Å². The molecule has 1 heterocycles. The minimum Gasteiger partial charge on any atom is -0.348 e. The maximum Gasteiger partial charge on any atom is 0.270 e. The SMILES string of the molecule is N#Cc1ccc(Nc2cc(C(=O)NC3CC3)nc(-c3ccccc3)n2)cc1. The number of amides is 1. The molecule has 1 amide bonds. The van der Waals surface area contributed by atoms with Crippen molar-refractivity contribution in [1.82, 2.24) is 15.3 Å². The highest BCUT2D eigenvalue weighted by molar-refractivity contribution is 5.94. The van der Waals surface area contributed by atoms with Gasteiger partial charge in [-0.3, -0.25) is 4.79 Å². The Morgan fingerprint density at radius 2 is 1.78 bits per heavy atom. The Balaban J connectivity index is 1.68. The monoisotopic (exact) mass is 355 g/mol. The summed E-state index contributed by atoms with van der Waals surface area (Å²) in [4.78, 5) is 21.5. The van der Waals surface area contributed by atoms with E-state index in [-0.39, 0.29) is 11.9 Å². The van der Waals surface area contributed by atoms with Gasteiger partial charge in [0.15, 0.2) is 5.82 Å². The van der Waals surface area contributed by atoms with Crippen molar-refractivity contribution in [2.24, 2.45) is 0 Å². The van der Waals surface area contributed by atoms with Gasteiger partial charge in [0.2, 0.25) is 0 Å².